The second-order valence-electron chi connectivity index (χ2n) is 7.91. The summed E-state index contributed by atoms with van der Waals surface area (Å²) in [4.78, 5) is 14.8. The average Bonchev–Trinajstić information content (AvgIpc) is 2.80. The van der Waals surface area contributed by atoms with E-state index in [0.717, 1.165) is 0 Å². The Morgan fingerprint density at radius 3 is 1.94 bits per heavy atom. The van der Waals surface area contributed by atoms with E-state index >= 15 is 0 Å². The van der Waals surface area contributed by atoms with Crippen LogP contribution in [0.15, 0.2) is 72.9 Å². The van der Waals surface area contributed by atoms with Crippen molar-refractivity contribution in [3.8, 4) is 16.9 Å². The van der Waals surface area contributed by atoms with Gasteiger partial charge in [0.25, 0.3) is 0 Å². The van der Waals surface area contributed by atoms with Gasteiger partial charge in [-0.3, -0.25) is 4.79 Å². The van der Waals surface area contributed by atoms with Crippen LogP contribution in [0, 0.1) is 0 Å². The molecule has 184 valence electrons. The first-order valence-corrected chi connectivity index (χ1v) is 10.3. The summed E-state index contributed by atoms with van der Waals surface area (Å²) in [6.07, 6.45) is -8.77. The van der Waals surface area contributed by atoms with Crippen LogP contribution in [0.1, 0.15) is 27.0 Å². The van der Waals surface area contributed by atoms with Gasteiger partial charge in [0.15, 0.2) is 5.78 Å². The van der Waals surface area contributed by atoms with Crippen molar-refractivity contribution in [2.45, 2.75) is 12.4 Å². The van der Waals surface area contributed by atoms with Crippen molar-refractivity contribution < 1.29 is 35.9 Å². The number of nitrogens with zero attached hydrogens (tertiary/aromatic N) is 1. The Hall–Kier alpha value is -3.75. The molecular weight excluding hydrogens is 472 g/mol. The number of carbonyl (C=O) groups excluding carboxylic acids is 1. The Morgan fingerprint density at radius 1 is 0.800 bits per heavy atom. The summed E-state index contributed by atoms with van der Waals surface area (Å²) in [6, 6.07) is 14.5. The third-order valence-electron chi connectivity index (χ3n) is 5.07. The first kappa shape index (κ1) is 25.9. The van der Waals surface area contributed by atoms with Gasteiger partial charge in [-0.15, -0.1) is 0 Å². The number of ether oxygens (including phenoxy) is 1. The molecule has 0 saturated heterocycles. The van der Waals surface area contributed by atoms with E-state index in [0.29, 0.717) is 34.6 Å². The van der Waals surface area contributed by atoms with Crippen LogP contribution in [0.5, 0.6) is 5.75 Å². The average molecular weight is 493 g/mol. The zero-order chi connectivity index (χ0) is 26.0. The third-order valence-corrected chi connectivity index (χ3v) is 5.07. The molecule has 3 aromatic carbocycles. The largest absolute Gasteiger partial charge is 0.496 e. The molecule has 0 saturated carbocycles. The predicted octanol–water partition coefficient (Wildman–Crippen LogP) is 7.19. The van der Waals surface area contributed by atoms with Crippen molar-refractivity contribution >= 4 is 11.4 Å². The maximum Gasteiger partial charge on any atom is 0.416 e. The molecule has 0 fully saturated rings. The summed E-state index contributed by atoms with van der Waals surface area (Å²) in [5.74, 6) is -0.422. The molecule has 3 rings (SSSR count). The summed E-state index contributed by atoms with van der Waals surface area (Å²) >= 11 is 0. The Kier molecular flexibility index (Phi) is 7.28. The zero-order valence-corrected chi connectivity index (χ0v) is 19.0. The highest BCUT2D eigenvalue weighted by atomic mass is 19.4. The predicted molar refractivity (Wildman–Crippen MR) is 121 cm³/mol. The van der Waals surface area contributed by atoms with E-state index in [-0.39, 0.29) is 11.6 Å². The van der Waals surface area contributed by atoms with Crippen molar-refractivity contribution in [2.75, 3.05) is 21.2 Å². The molecule has 0 N–H and O–H groups in total. The Balaban J connectivity index is 2.17. The Bertz CT molecular complexity index is 1230. The van der Waals surface area contributed by atoms with Crippen molar-refractivity contribution in [2.24, 2.45) is 0 Å². The highest BCUT2D eigenvalue weighted by Gasteiger charge is 2.37. The van der Waals surface area contributed by atoms with Crippen LogP contribution in [-0.4, -0.2) is 31.9 Å². The zero-order valence-electron chi connectivity index (χ0n) is 19.0. The molecule has 0 aliphatic heterocycles. The summed E-state index contributed by atoms with van der Waals surface area (Å²) in [7, 11) is 4.67. The van der Waals surface area contributed by atoms with Gasteiger partial charge in [-0.2, -0.15) is 26.3 Å². The quantitative estimate of drug-likeness (QED) is 0.207. The number of hydrogen-bond donors (Lipinski definition) is 0. The summed E-state index contributed by atoms with van der Waals surface area (Å²) in [5, 5.41) is 0. The molecule has 0 aliphatic carbocycles. The lowest BCUT2D eigenvalue weighted by molar-refractivity contribution is -0.143. The van der Waals surface area contributed by atoms with E-state index in [1.165, 1.54) is 18.2 Å². The van der Waals surface area contributed by atoms with E-state index < -0.39 is 34.8 Å². The molecule has 0 bridgehead atoms. The summed E-state index contributed by atoms with van der Waals surface area (Å²) < 4.78 is 85.4. The summed E-state index contributed by atoms with van der Waals surface area (Å²) in [5.41, 5.74) is -2.23. The fraction of sp³-hybridized carbons (Fsp3) is 0.192. The topological polar surface area (TPSA) is 29.5 Å². The van der Waals surface area contributed by atoms with E-state index in [1.807, 2.05) is 0 Å². The Morgan fingerprint density at radius 2 is 1.40 bits per heavy atom. The molecule has 0 aliphatic rings. The molecule has 9 heteroatoms. The number of rotatable bonds is 6. The van der Waals surface area contributed by atoms with Gasteiger partial charge in [-0.05, 0) is 41.5 Å². The van der Waals surface area contributed by atoms with Gasteiger partial charge in [-0.1, -0.05) is 36.4 Å². The van der Waals surface area contributed by atoms with Crippen molar-refractivity contribution in [1.29, 1.82) is 0 Å². The molecule has 3 nitrogen and oxygen atoms in total. The molecule has 35 heavy (non-hydrogen) atoms. The number of alkyl halides is 6. The second-order valence-corrected chi connectivity index (χ2v) is 7.91. The molecular formula is C26H21F6NO2. The van der Waals surface area contributed by atoms with Gasteiger partial charge in [0.2, 0.25) is 0 Å². The maximum absolute atomic E-state index is 13.4. The van der Waals surface area contributed by atoms with Gasteiger partial charge >= 0.3 is 12.4 Å². The van der Waals surface area contributed by atoms with Gasteiger partial charge in [0.1, 0.15) is 5.75 Å². The molecule has 0 amide bonds. The lowest BCUT2D eigenvalue weighted by Crippen LogP contribution is -2.15. The van der Waals surface area contributed by atoms with E-state index in [2.05, 4.69) is 0 Å². The second kappa shape index (κ2) is 9.85. The normalized spacial score (nSPS) is 12.4. The van der Waals surface area contributed by atoms with E-state index in [4.69, 9.17) is 4.74 Å². The van der Waals surface area contributed by atoms with Crippen LogP contribution in [0.4, 0.5) is 26.3 Å². The van der Waals surface area contributed by atoms with Gasteiger partial charge in [-0.25, -0.2) is 0 Å². The third kappa shape index (κ3) is 6.03. The Labute approximate surface area is 198 Å². The smallest absolute Gasteiger partial charge is 0.416 e. The van der Waals surface area contributed by atoms with Gasteiger partial charge in [0, 0.05) is 37.0 Å². The lowest BCUT2D eigenvalue weighted by Gasteiger charge is -2.17. The van der Waals surface area contributed by atoms with Crippen LogP contribution in [0.25, 0.3) is 16.7 Å². The van der Waals surface area contributed by atoms with Crippen LogP contribution < -0.4 is 4.74 Å². The number of Topliss-reactive ketones (excluding diaryl/α,β-unsaturated/α-hetero) is 1. The van der Waals surface area contributed by atoms with Crippen LogP contribution in [0.3, 0.4) is 0 Å². The lowest BCUT2D eigenvalue weighted by atomic mass is 9.92. The number of ketones is 1. The molecule has 0 spiro atoms. The number of benzene rings is 3. The van der Waals surface area contributed by atoms with E-state index in [9.17, 15) is 31.1 Å². The molecule has 0 unspecified atom stereocenters. The minimum Gasteiger partial charge on any atom is -0.496 e. The fourth-order valence-electron chi connectivity index (χ4n) is 3.50. The maximum atomic E-state index is 13.4. The molecule has 0 atom stereocenters. The minimum atomic E-state index is -5.06. The van der Waals surface area contributed by atoms with Gasteiger partial charge < -0.3 is 9.64 Å². The standard InChI is InChI=1S/C26H21F6NO2/c1-33(2)15-22(17-8-6-7-16(11-17)21-9-4-5-10-23(21)35-3)24(34)18-12-19(25(27,28)29)14-20(13-18)26(30,31)32/h4-15H,1-3H3/b22-15+. The number of halogens is 6. The molecule has 0 aromatic heterocycles. The minimum absolute atomic E-state index is 0.00554. The van der Waals surface area contributed by atoms with Gasteiger partial charge in [0.05, 0.1) is 18.2 Å². The van der Waals surface area contributed by atoms with Crippen molar-refractivity contribution in [3.63, 3.8) is 0 Å². The molecule has 0 heterocycles. The molecule has 3 aromatic rings. The highest BCUT2D eigenvalue weighted by Crippen LogP contribution is 2.38. The number of carbonyl (C=O) groups is 1. The number of allylic oxidation sites excluding steroid dienone is 1. The first-order valence-electron chi connectivity index (χ1n) is 10.3. The monoisotopic (exact) mass is 493 g/mol. The first-order chi connectivity index (χ1) is 16.3. The number of methoxy groups -OCH3 is 1. The summed E-state index contributed by atoms with van der Waals surface area (Å²) in [6.45, 7) is 0. The van der Waals surface area contributed by atoms with Crippen LogP contribution >= 0.6 is 0 Å². The highest BCUT2D eigenvalue weighted by molar-refractivity contribution is 6.29. The SMILES string of the molecule is COc1ccccc1-c1cccc(/C(=C\N(C)C)C(=O)c2cc(C(F)(F)F)cc(C(F)(F)F)c2)c1. The molecule has 0 radical (unpaired) electrons. The van der Waals surface area contributed by atoms with Crippen molar-refractivity contribution in [3.05, 3.63) is 95.2 Å². The van der Waals surface area contributed by atoms with Crippen LogP contribution in [0.2, 0.25) is 0 Å². The number of hydrogen-bond acceptors (Lipinski definition) is 3. The van der Waals surface area contributed by atoms with Crippen molar-refractivity contribution in [1.82, 2.24) is 4.90 Å². The number of para-hydroxylation sites is 1. The van der Waals surface area contributed by atoms with E-state index in [1.54, 1.807) is 62.6 Å². The van der Waals surface area contributed by atoms with Crippen LogP contribution in [-0.2, 0) is 12.4 Å². The fourth-order valence-corrected chi connectivity index (χ4v) is 3.50.